The third-order valence-corrected chi connectivity index (χ3v) is 3.64. The monoisotopic (exact) mass is 290 g/mol. The minimum atomic E-state index is -0.449. The highest BCUT2D eigenvalue weighted by Crippen LogP contribution is 2.19. The molecule has 4 nitrogen and oxygen atoms in total. The van der Waals surface area contributed by atoms with Crippen molar-refractivity contribution in [2.24, 2.45) is 5.92 Å². The fourth-order valence-corrected chi connectivity index (χ4v) is 2.68. The lowest BCUT2D eigenvalue weighted by Crippen LogP contribution is -2.42. The molecule has 21 heavy (non-hydrogen) atoms. The Labute approximate surface area is 127 Å². The summed E-state index contributed by atoms with van der Waals surface area (Å²) in [4.78, 5) is 14.3. The predicted molar refractivity (Wildman–Crippen MR) is 84.0 cm³/mol. The van der Waals surface area contributed by atoms with Gasteiger partial charge in [0.1, 0.15) is 5.60 Å². The normalized spacial score (nSPS) is 23.0. The third-order valence-electron chi connectivity index (χ3n) is 3.64. The average Bonchev–Trinajstić information content (AvgIpc) is 2.68. The first-order valence-corrected chi connectivity index (χ1v) is 7.59. The number of benzene rings is 1. The molecule has 1 saturated heterocycles. The molecule has 1 amide bonds. The summed E-state index contributed by atoms with van der Waals surface area (Å²) in [5.74, 6) is 0.432. The van der Waals surface area contributed by atoms with Gasteiger partial charge in [-0.15, -0.1) is 0 Å². The van der Waals surface area contributed by atoms with E-state index in [9.17, 15) is 4.79 Å². The van der Waals surface area contributed by atoms with Crippen LogP contribution in [0.3, 0.4) is 0 Å². The first kappa shape index (κ1) is 15.8. The number of hydrogen-bond acceptors (Lipinski definition) is 3. The van der Waals surface area contributed by atoms with E-state index in [1.165, 1.54) is 5.56 Å². The summed E-state index contributed by atoms with van der Waals surface area (Å²) >= 11 is 0. The Morgan fingerprint density at radius 2 is 1.95 bits per heavy atom. The summed E-state index contributed by atoms with van der Waals surface area (Å²) in [5.41, 5.74) is 0.859. The maximum atomic E-state index is 11.9. The van der Waals surface area contributed by atoms with E-state index in [0.717, 1.165) is 19.6 Å². The largest absolute Gasteiger partial charge is 0.444 e. The highest BCUT2D eigenvalue weighted by atomic mass is 16.6. The number of carbonyl (C=O) groups excluding carboxylic acids is 1. The zero-order valence-corrected chi connectivity index (χ0v) is 13.4. The summed E-state index contributed by atoms with van der Waals surface area (Å²) in [6.45, 7) is 10.6. The quantitative estimate of drug-likeness (QED) is 0.930. The van der Waals surface area contributed by atoms with Crippen molar-refractivity contribution in [1.82, 2.24) is 10.2 Å². The van der Waals surface area contributed by atoms with Gasteiger partial charge >= 0.3 is 6.09 Å². The molecule has 0 radical (unpaired) electrons. The molecule has 0 aliphatic carbocycles. The highest BCUT2D eigenvalue weighted by molar-refractivity contribution is 5.68. The number of nitrogens with zero attached hydrogens (tertiary/aromatic N) is 1. The van der Waals surface area contributed by atoms with Crippen LogP contribution in [0.2, 0.25) is 0 Å². The van der Waals surface area contributed by atoms with Gasteiger partial charge in [-0.25, -0.2) is 4.79 Å². The number of likely N-dealkylation sites (tertiary alicyclic amines) is 1. The van der Waals surface area contributed by atoms with Crippen molar-refractivity contribution in [3.8, 4) is 0 Å². The first-order chi connectivity index (χ1) is 9.83. The molecule has 0 aromatic heterocycles. The predicted octanol–water partition coefficient (Wildman–Crippen LogP) is 3.03. The molecule has 1 fully saturated rings. The van der Waals surface area contributed by atoms with Crippen LogP contribution in [0.15, 0.2) is 30.3 Å². The van der Waals surface area contributed by atoms with Crippen LogP contribution in [0.5, 0.6) is 0 Å². The van der Waals surface area contributed by atoms with E-state index in [4.69, 9.17) is 4.74 Å². The molecular formula is C17H26N2O2. The average molecular weight is 290 g/mol. The van der Waals surface area contributed by atoms with Gasteiger partial charge in [-0.3, -0.25) is 4.90 Å². The second kappa shape index (κ2) is 6.48. The zero-order valence-electron chi connectivity index (χ0n) is 13.4. The molecular weight excluding hydrogens is 264 g/mol. The summed E-state index contributed by atoms with van der Waals surface area (Å²) in [6, 6.07) is 10.6. The van der Waals surface area contributed by atoms with Crippen LogP contribution in [0.25, 0.3) is 0 Å². The molecule has 0 bridgehead atoms. The summed E-state index contributed by atoms with van der Waals surface area (Å²) in [6.07, 6.45) is -0.319. The van der Waals surface area contributed by atoms with Gasteiger partial charge in [-0.1, -0.05) is 37.3 Å². The number of carbonyl (C=O) groups is 1. The molecule has 1 N–H and O–H groups in total. The van der Waals surface area contributed by atoms with Crippen molar-refractivity contribution < 1.29 is 9.53 Å². The molecule has 0 unspecified atom stereocenters. The lowest BCUT2D eigenvalue weighted by Gasteiger charge is -2.23. The van der Waals surface area contributed by atoms with Crippen LogP contribution in [-0.2, 0) is 11.3 Å². The van der Waals surface area contributed by atoms with Gasteiger partial charge in [-0.2, -0.15) is 0 Å². The van der Waals surface area contributed by atoms with Crippen LogP contribution < -0.4 is 5.32 Å². The van der Waals surface area contributed by atoms with Crippen LogP contribution in [0.4, 0.5) is 4.79 Å². The van der Waals surface area contributed by atoms with E-state index in [1.54, 1.807) is 0 Å². The van der Waals surface area contributed by atoms with Crippen LogP contribution >= 0.6 is 0 Å². The topological polar surface area (TPSA) is 41.6 Å². The minimum absolute atomic E-state index is 0.156. The van der Waals surface area contributed by atoms with Crippen molar-refractivity contribution in [3.63, 3.8) is 0 Å². The molecule has 116 valence electrons. The van der Waals surface area contributed by atoms with E-state index in [-0.39, 0.29) is 12.1 Å². The van der Waals surface area contributed by atoms with E-state index < -0.39 is 5.60 Å². The summed E-state index contributed by atoms with van der Waals surface area (Å²) < 4.78 is 5.33. The SMILES string of the molecule is C[C@@H]1CN(Cc2ccccc2)C[C@H]1NC(=O)OC(C)(C)C. The number of ether oxygens (including phenoxy) is 1. The Bertz CT molecular complexity index is 467. The zero-order chi connectivity index (χ0) is 15.5. The van der Waals surface area contributed by atoms with E-state index in [0.29, 0.717) is 5.92 Å². The lowest BCUT2D eigenvalue weighted by molar-refractivity contribution is 0.0497. The molecule has 1 aromatic carbocycles. The standard InChI is InChI=1S/C17H26N2O2/c1-13-10-19(11-14-8-6-5-7-9-14)12-15(13)18-16(20)21-17(2,3)4/h5-9,13,15H,10-12H2,1-4H3,(H,18,20)/t13-,15-/m1/s1. The Kier molecular flexibility index (Phi) is 4.88. The number of amides is 1. The fourth-order valence-electron chi connectivity index (χ4n) is 2.68. The van der Waals surface area contributed by atoms with Crippen LogP contribution in [-0.4, -0.2) is 35.7 Å². The Balaban J connectivity index is 1.85. The highest BCUT2D eigenvalue weighted by Gasteiger charge is 2.31. The van der Waals surface area contributed by atoms with Gasteiger partial charge in [-0.05, 0) is 32.3 Å². The molecule has 1 heterocycles. The smallest absolute Gasteiger partial charge is 0.407 e. The van der Waals surface area contributed by atoms with Gasteiger partial charge in [0.2, 0.25) is 0 Å². The van der Waals surface area contributed by atoms with Crippen molar-refractivity contribution in [3.05, 3.63) is 35.9 Å². The molecule has 1 aromatic rings. The first-order valence-electron chi connectivity index (χ1n) is 7.59. The molecule has 2 atom stereocenters. The van der Waals surface area contributed by atoms with Gasteiger partial charge in [0, 0.05) is 25.7 Å². The second-order valence-corrected chi connectivity index (χ2v) is 6.91. The van der Waals surface area contributed by atoms with Crippen molar-refractivity contribution in [2.75, 3.05) is 13.1 Å². The van der Waals surface area contributed by atoms with Crippen molar-refractivity contribution in [2.45, 2.75) is 45.9 Å². The molecule has 0 saturated carbocycles. The summed E-state index contributed by atoms with van der Waals surface area (Å²) in [7, 11) is 0. The Morgan fingerprint density at radius 1 is 1.29 bits per heavy atom. The summed E-state index contributed by atoms with van der Waals surface area (Å²) in [5, 5.41) is 3.00. The molecule has 1 aliphatic heterocycles. The van der Waals surface area contributed by atoms with Crippen LogP contribution in [0.1, 0.15) is 33.3 Å². The van der Waals surface area contributed by atoms with E-state index >= 15 is 0 Å². The fraction of sp³-hybridized carbons (Fsp3) is 0.588. The minimum Gasteiger partial charge on any atom is -0.444 e. The maximum absolute atomic E-state index is 11.9. The van der Waals surface area contributed by atoms with Gasteiger partial charge < -0.3 is 10.1 Å². The number of hydrogen-bond donors (Lipinski definition) is 1. The second-order valence-electron chi connectivity index (χ2n) is 6.91. The molecule has 2 rings (SSSR count). The maximum Gasteiger partial charge on any atom is 0.407 e. The van der Waals surface area contributed by atoms with Gasteiger partial charge in [0.25, 0.3) is 0 Å². The van der Waals surface area contributed by atoms with E-state index in [1.807, 2.05) is 26.8 Å². The Hall–Kier alpha value is -1.55. The molecule has 1 aliphatic rings. The molecule has 4 heteroatoms. The number of alkyl carbamates (subject to hydrolysis) is 1. The van der Waals surface area contributed by atoms with E-state index in [2.05, 4.69) is 41.4 Å². The molecule has 0 spiro atoms. The van der Waals surface area contributed by atoms with Gasteiger partial charge in [0.15, 0.2) is 0 Å². The lowest BCUT2D eigenvalue weighted by atomic mass is 10.1. The van der Waals surface area contributed by atoms with Crippen molar-refractivity contribution >= 4 is 6.09 Å². The third kappa shape index (κ3) is 5.05. The van der Waals surface area contributed by atoms with Crippen LogP contribution in [0, 0.1) is 5.92 Å². The van der Waals surface area contributed by atoms with Crippen molar-refractivity contribution in [1.29, 1.82) is 0 Å². The number of nitrogens with one attached hydrogen (secondary N) is 1. The van der Waals surface area contributed by atoms with Gasteiger partial charge in [0.05, 0.1) is 0 Å². The number of rotatable bonds is 3. The Morgan fingerprint density at radius 3 is 2.57 bits per heavy atom.